The van der Waals surface area contributed by atoms with Crippen molar-refractivity contribution in [3.05, 3.63) is 0 Å². The highest BCUT2D eigenvalue weighted by molar-refractivity contribution is 7.89. The van der Waals surface area contributed by atoms with Crippen molar-refractivity contribution in [1.29, 1.82) is 0 Å². The molecule has 1 heterocycles. The maximum Gasteiger partial charge on any atom is 0.309 e. The van der Waals surface area contributed by atoms with Crippen molar-refractivity contribution in [2.45, 2.75) is 63.5 Å². The minimum Gasteiger partial charge on any atom is -0.481 e. The van der Waals surface area contributed by atoms with Gasteiger partial charge in [0.25, 0.3) is 0 Å². The smallest absolute Gasteiger partial charge is 0.309 e. The summed E-state index contributed by atoms with van der Waals surface area (Å²) in [7, 11) is -3.23. The molecule has 5 nitrogen and oxygen atoms in total. The molecule has 1 saturated carbocycles. The van der Waals surface area contributed by atoms with Crippen molar-refractivity contribution in [3.63, 3.8) is 0 Å². The Morgan fingerprint density at radius 1 is 1.20 bits per heavy atom. The molecular weight excluding hydrogens is 278 g/mol. The number of piperidine rings is 1. The fraction of sp³-hybridized carbons (Fsp3) is 0.929. The zero-order chi connectivity index (χ0) is 14.8. The summed E-state index contributed by atoms with van der Waals surface area (Å²) in [6.45, 7) is 2.59. The van der Waals surface area contributed by atoms with Gasteiger partial charge in [0.2, 0.25) is 10.0 Å². The highest BCUT2D eigenvalue weighted by atomic mass is 32.2. The van der Waals surface area contributed by atoms with Crippen LogP contribution < -0.4 is 0 Å². The number of hydrogen-bond acceptors (Lipinski definition) is 3. The van der Waals surface area contributed by atoms with Gasteiger partial charge in [-0.2, -0.15) is 0 Å². The Hall–Kier alpha value is -0.620. The molecule has 2 fully saturated rings. The van der Waals surface area contributed by atoms with Crippen LogP contribution in [-0.4, -0.2) is 42.1 Å². The van der Waals surface area contributed by atoms with E-state index in [0.717, 1.165) is 32.1 Å². The van der Waals surface area contributed by atoms with Gasteiger partial charge in [-0.05, 0) is 32.1 Å². The van der Waals surface area contributed by atoms with E-state index in [-0.39, 0.29) is 5.25 Å². The number of carbonyl (C=O) groups is 1. The van der Waals surface area contributed by atoms with Crippen LogP contribution in [0.15, 0.2) is 0 Å². The normalized spacial score (nSPS) is 25.4. The van der Waals surface area contributed by atoms with Gasteiger partial charge in [0.1, 0.15) is 0 Å². The van der Waals surface area contributed by atoms with Crippen LogP contribution in [0.3, 0.4) is 0 Å². The molecule has 2 rings (SSSR count). The van der Waals surface area contributed by atoms with E-state index >= 15 is 0 Å². The Morgan fingerprint density at radius 3 is 2.20 bits per heavy atom. The third-order valence-corrected chi connectivity index (χ3v) is 7.54. The molecule has 0 unspecified atom stereocenters. The summed E-state index contributed by atoms with van der Waals surface area (Å²) < 4.78 is 26.7. The maximum absolute atomic E-state index is 12.6. The highest BCUT2D eigenvalue weighted by Crippen LogP contribution is 2.37. The van der Waals surface area contributed by atoms with E-state index in [9.17, 15) is 18.3 Å². The molecule has 20 heavy (non-hydrogen) atoms. The lowest BCUT2D eigenvalue weighted by molar-refractivity contribution is -0.151. The molecule has 6 heteroatoms. The molecular formula is C14H25NO4S. The molecule has 0 radical (unpaired) electrons. The second-order valence-corrected chi connectivity index (χ2v) is 8.36. The molecule has 0 spiro atoms. The van der Waals surface area contributed by atoms with E-state index in [2.05, 4.69) is 0 Å². The van der Waals surface area contributed by atoms with Crippen LogP contribution in [0.25, 0.3) is 0 Å². The van der Waals surface area contributed by atoms with Gasteiger partial charge >= 0.3 is 5.97 Å². The fourth-order valence-corrected chi connectivity index (χ4v) is 5.50. The fourth-order valence-electron chi connectivity index (χ4n) is 3.46. The standard InChI is InChI=1S/C14H25NO4S/c1-2-14(13(16)17)8-10-15(11-9-14)20(18,19)12-6-4-3-5-7-12/h12H,2-11H2,1H3,(H,16,17). The zero-order valence-electron chi connectivity index (χ0n) is 12.2. The van der Waals surface area contributed by atoms with Gasteiger partial charge in [0.15, 0.2) is 0 Å². The van der Waals surface area contributed by atoms with E-state index in [4.69, 9.17) is 0 Å². The first-order valence-electron chi connectivity index (χ1n) is 7.65. The van der Waals surface area contributed by atoms with Crippen molar-refractivity contribution in [2.24, 2.45) is 5.41 Å². The van der Waals surface area contributed by atoms with Crippen LogP contribution in [0.4, 0.5) is 0 Å². The Morgan fingerprint density at radius 2 is 1.75 bits per heavy atom. The van der Waals surface area contributed by atoms with Crippen molar-refractivity contribution in [2.75, 3.05) is 13.1 Å². The Balaban J connectivity index is 2.04. The van der Waals surface area contributed by atoms with E-state index in [1.54, 1.807) is 4.31 Å². The summed E-state index contributed by atoms with van der Waals surface area (Å²) in [5, 5.41) is 9.12. The molecule has 116 valence electrons. The van der Waals surface area contributed by atoms with Crippen molar-refractivity contribution in [3.8, 4) is 0 Å². The third kappa shape index (κ3) is 2.86. The average molecular weight is 303 g/mol. The molecule has 1 saturated heterocycles. The predicted molar refractivity (Wildman–Crippen MR) is 77.0 cm³/mol. The van der Waals surface area contributed by atoms with Crippen LogP contribution in [0.1, 0.15) is 58.3 Å². The van der Waals surface area contributed by atoms with Gasteiger partial charge in [0, 0.05) is 13.1 Å². The quantitative estimate of drug-likeness (QED) is 0.864. The Bertz CT molecular complexity index is 446. The minimum absolute atomic E-state index is 0.241. The minimum atomic E-state index is -3.23. The summed E-state index contributed by atoms with van der Waals surface area (Å²) in [6.07, 6.45) is 6.07. The molecule has 0 amide bonds. The van der Waals surface area contributed by atoms with Crippen molar-refractivity contribution < 1.29 is 18.3 Å². The summed E-state index contributed by atoms with van der Waals surface area (Å²) in [5.41, 5.74) is -0.724. The number of sulfonamides is 1. The topological polar surface area (TPSA) is 74.7 Å². The molecule has 2 aliphatic rings. The van der Waals surface area contributed by atoms with Gasteiger partial charge < -0.3 is 5.11 Å². The Kier molecular flexibility index (Phi) is 4.74. The van der Waals surface area contributed by atoms with Crippen LogP contribution >= 0.6 is 0 Å². The average Bonchev–Trinajstić information content (AvgIpc) is 2.48. The summed E-state index contributed by atoms with van der Waals surface area (Å²) in [6, 6.07) is 0. The van der Waals surface area contributed by atoms with Crippen molar-refractivity contribution in [1.82, 2.24) is 4.31 Å². The van der Waals surface area contributed by atoms with Gasteiger partial charge in [0.05, 0.1) is 10.7 Å². The number of carboxylic acid groups (broad SMARTS) is 1. The zero-order valence-corrected chi connectivity index (χ0v) is 13.0. The highest BCUT2D eigenvalue weighted by Gasteiger charge is 2.43. The third-order valence-electron chi connectivity index (χ3n) is 5.14. The monoisotopic (exact) mass is 303 g/mol. The molecule has 0 atom stereocenters. The lowest BCUT2D eigenvalue weighted by atomic mass is 9.77. The largest absolute Gasteiger partial charge is 0.481 e. The number of rotatable bonds is 4. The molecule has 0 aromatic carbocycles. The van der Waals surface area contributed by atoms with Crippen molar-refractivity contribution >= 4 is 16.0 Å². The SMILES string of the molecule is CCC1(C(=O)O)CCN(S(=O)(=O)C2CCCCC2)CC1. The van der Waals surface area contributed by atoms with Gasteiger partial charge in [-0.1, -0.05) is 26.2 Å². The first kappa shape index (κ1) is 15.8. The summed E-state index contributed by atoms with van der Waals surface area (Å²) >= 11 is 0. The van der Waals surface area contributed by atoms with Gasteiger partial charge in [-0.3, -0.25) is 4.79 Å². The lowest BCUT2D eigenvalue weighted by Crippen LogP contribution is -2.49. The summed E-state index contributed by atoms with van der Waals surface area (Å²) in [4.78, 5) is 11.4. The van der Waals surface area contributed by atoms with Gasteiger partial charge in [-0.25, -0.2) is 12.7 Å². The molecule has 0 aromatic heterocycles. The molecule has 1 N–H and O–H groups in total. The van der Waals surface area contributed by atoms with Crippen LogP contribution in [0.2, 0.25) is 0 Å². The number of nitrogens with zero attached hydrogens (tertiary/aromatic N) is 1. The second-order valence-electron chi connectivity index (χ2n) is 6.14. The Labute approximate surface area is 121 Å². The number of hydrogen-bond donors (Lipinski definition) is 1. The van der Waals surface area contributed by atoms with E-state index in [1.807, 2.05) is 6.92 Å². The predicted octanol–water partition coefficient (Wildman–Crippen LogP) is 2.23. The van der Waals surface area contributed by atoms with Gasteiger partial charge in [-0.15, -0.1) is 0 Å². The van der Waals surface area contributed by atoms with E-state index in [0.29, 0.717) is 32.4 Å². The first-order chi connectivity index (χ1) is 9.42. The van der Waals surface area contributed by atoms with Crippen LogP contribution in [0.5, 0.6) is 0 Å². The van der Waals surface area contributed by atoms with Crippen LogP contribution in [0, 0.1) is 5.41 Å². The van der Waals surface area contributed by atoms with E-state index < -0.39 is 21.4 Å². The molecule has 1 aliphatic carbocycles. The second kappa shape index (κ2) is 6.02. The lowest BCUT2D eigenvalue weighted by Gasteiger charge is -2.39. The molecule has 1 aliphatic heterocycles. The summed E-state index contributed by atoms with van der Waals surface area (Å²) in [5.74, 6) is -0.783. The van der Waals surface area contributed by atoms with E-state index in [1.165, 1.54) is 0 Å². The van der Waals surface area contributed by atoms with Crippen LogP contribution in [-0.2, 0) is 14.8 Å². The number of carboxylic acids is 1. The number of aliphatic carboxylic acids is 1. The maximum atomic E-state index is 12.6. The molecule has 0 aromatic rings. The molecule has 0 bridgehead atoms. The first-order valence-corrected chi connectivity index (χ1v) is 9.15.